The number of nitrogens with zero attached hydrogens (tertiary/aromatic N) is 1. The Bertz CT molecular complexity index is 975. The number of rotatable bonds is 5. The van der Waals surface area contributed by atoms with E-state index < -0.39 is 23.9 Å². The molecule has 0 aliphatic heterocycles. The number of carbonyl (C=O) groups is 2. The third-order valence-electron chi connectivity index (χ3n) is 3.87. The van der Waals surface area contributed by atoms with E-state index in [0.717, 1.165) is 22.2 Å². The number of H-pyrrole nitrogens is 1. The van der Waals surface area contributed by atoms with E-state index in [-0.39, 0.29) is 5.75 Å². The minimum atomic E-state index is -1.37. The van der Waals surface area contributed by atoms with Crippen molar-refractivity contribution in [2.24, 2.45) is 0 Å². The number of carbonyl (C=O) groups excluding carboxylic acids is 1. The highest BCUT2D eigenvalue weighted by atomic mass is 32.1. The predicted octanol–water partition coefficient (Wildman–Crippen LogP) is 4.49. The number of hydrogen-bond donors (Lipinski definition) is 3. The first kappa shape index (κ1) is 19.7. The Balaban J connectivity index is 1.86. The Hall–Kier alpha value is -3.07. The number of amides is 1. The van der Waals surface area contributed by atoms with E-state index in [0.29, 0.717) is 6.42 Å². The molecule has 0 fully saturated rings. The highest BCUT2D eigenvalue weighted by molar-refractivity contribution is 7.07. The average molecular weight is 403 g/mol. The fourth-order valence-electron chi connectivity index (χ4n) is 2.78. The summed E-state index contributed by atoms with van der Waals surface area (Å²) in [5.41, 5.74) is 3.54. The fourth-order valence-corrected chi connectivity index (χ4v) is 3.39. The Morgan fingerprint density at radius 1 is 1.36 bits per heavy atom. The summed E-state index contributed by atoms with van der Waals surface area (Å²) in [5.74, 6) is 0.228. The lowest BCUT2D eigenvalue weighted by Crippen LogP contribution is -2.35. The van der Waals surface area contributed by atoms with Gasteiger partial charge in [0.1, 0.15) is 11.4 Å². The second-order valence-electron chi connectivity index (χ2n) is 7.21. The molecule has 8 nitrogen and oxygen atoms in total. The van der Waals surface area contributed by atoms with Gasteiger partial charge in [-0.25, -0.2) is 14.6 Å². The van der Waals surface area contributed by atoms with Gasteiger partial charge in [0.2, 0.25) is 0 Å². The summed E-state index contributed by atoms with van der Waals surface area (Å²) in [6, 6.07) is 4.58. The van der Waals surface area contributed by atoms with Gasteiger partial charge < -0.3 is 24.9 Å². The molecule has 0 unspecified atom stereocenters. The number of thiazole rings is 1. The maximum Gasteiger partial charge on any atom is 0.511 e. The highest BCUT2D eigenvalue weighted by Crippen LogP contribution is 2.28. The van der Waals surface area contributed by atoms with Gasteiger partial charge in [0.15, 0.2) is 0 Å². The van der Waals surface area contributed by atoms with Gasteiger partial charge >= 0.3 is 12.2 Å². The maximum absolute atomic E-state index is 12.3. The third kappa shape index (κ3) is 5.01. The van der Waals surface area contributed by atoms with Gasteiger partial charge in [0.25, 0.3) is 0 Å². The number of benzene rings is 1. The second-order valence-corrected chi connectivity index (χ2v) is 7.92. The van der Waals surface area contributed by atoms with Crippen molar-refractivity contribution in [1.29, 1.82) is 0 Å². The van der Waals surface area contributed by atoms with Crippen LogP contribution < -0.4 is 10.1 Å². The molecule has 0 aliphatic rings. The molecule has 3 rings (SSSR count). The minimum absolute atomic E-state index is 0.228. The molecular formula is C19H21N3O5S. The van der Waals surface area contributed by atoms with Crippen LogP contribution in [0.15, 0.2) is 35.3 Å². The van der Waals surface area contributed by atoms with E-state index in [2.05, 4.69) is 15.3 Å². The van der Waals surface area contributed by atoms with Crippen LogP contribution in [0.2, 0.25) is 0 Å². The molecule has 0 aliphatic carbocycles. The van der Waals surface area contributed by atoms with Gasteiger partial charge in [-0.15, -0.1) is 11.3 Å². The van der Waals surface area contributed by atoms with E-state index in [9.17, 15) is 9.59 Å². The summed E-state index contributed by atoms with van der Waals surface area (Å²) in [6.45, 7) is 5.40. The molecule has 1 atom stereocenters. The van der Waals surface area contributed by atoms with Crippen LogP contribution in [0, 0.1) is 0 Å². The first-order chi connectivity index (χ1) is 13.2. The largest absolute Gasteiger partial charge is 0.511 e. The molecule has 0 saturated heterocycles. The highest BCUT2D eigenvalue weighted by Gasteiger charge is 2.23. The minimum Gasteiger partial charge on any atom is -0.449 e. The van der Waals surface area contributed by atoms with Crippen molar-refractivity contribution < 1.29 is 24.2 Å². The number of hydrogen-bond acceptors (Lipinski definition) is 6. The normalized spacial score (nSPS) is 12.5. The molecule has 3 N–H and O–H groups in total. The molecule has 3 aromatic rings. The molecule has 1 amide bonds. The summed E-state index contributed by atoms with van der Waals surface area (Å²) in [6.07, 6.45) is 0.369. The standard InChI is InChI=1S/C19H21N3O5S/c1-19(2,3)27-17(23)22-15(16-9-28-10-21-16)6-11-8-20-14-5-4-12(7-13(11)14)26-18(24)25/h4-5,7-10,15,20H,6H2,1-3H3,(H,22,23)(H,24,25)/t15-/m0/s1. The smallest absolute Gasteiger partial charge is 0.449 e. The lowest BCUT2D eigenvalue weighted by molar-refractivity contribution is 0.0502. The van der Waals surface area contributed by atoms with Crippen molar-refractivity contribution in [3.05, 3.63) is 46.5 Å². The zero-order valence-electron chi connectivity index (χ0n) is 15.7. The van der Waals surface area contributed by atoms with Crippen LogP contribution in [0.5, 0.6) is 5.75 Å². The molecule has 0 bridgehead atoms. The molecule has 1 aromatic carbocycles. The molecule has 9 heteroatoms. The first-order valence-corrected chi connectivity index (χ1v) is 9.54. The van der Waals surface area contributed by atoms with Gasteiger partial charge in [0.05, 0.1) is 17.2 Å². The Morgan fingerprint density at radius 2 is 2.14 bits per heavy atom. The SMILES string of the molecule is CC(C)(C)OC(=O)N[C@@H](Cc1c[nH]c2ccc(OC(=O)O)cc12)c1cscn1. The number of ether oxygens (including phenoxy) is 2. The molecule has 0 spiro atoms. The molecule has 2 aromatic heterocycles. The number of carboxylic acid groups (broad SMARTS) is 1. The zero-order chi connectivity index (χ0) is 20.3. The van der Waals surface area contributed by atoms with E-state index in [1.165, 1.54) is 11.3 Å². The van der Waals surface area contributed by atoms with Crippen LogP contribution in [-0.4, -0.2) is 32.9 Å². The summed E-state index contributed by atoms with van der Waals surface area (Å²) in [5, 5.41) is 14.4. The molecule has 2 heterocycles. The number of alkyl carbamates (subject to hydrolysis) is 1. The second kappa shape index (κ2) is 7.89. The van der Waals surface area contributed by atoms with Crippen LogP contribution in [0.1, 0.15) is 38.1 Å². The van der Waals surface area contributed by atoms with Gasteiger partial charge in [-0.05, 0) is 44.5 Å². The van der Waals surface area contributed by atoms with Gasteiger partial charge in [-0.2, -0.15) is 0 Å². The van der Waals surface area contributed by atoms with E-state index >= 15 is 0 Å². The topological polar surface area (TPSA) is 114 Å². The Morgan fingerprint density at radius 3 is 2.79 bits per heavy atom. The van der Waals surface area contributed by atoms with Crippen LogP contribution in [0.3, 0.4) is 0 Å². The molecule has 28 heavy (non-hydrogen) atoms. The molecule has 0 saturated carbocycles. The third-order valence-corrected chi connectivity index (χ3v) is 4.47. The summed E-state index contributed by atoms with van der Waals surface area (Å²) in [4.78, 5) is 30.5. The number of nitrogens with one attached hydrogen (secondary N) is 2. The van der Waals surface area contributed by atoms with Crippen molar-refractivity contribution in [2.45, 2.75) is 38.8 Å². The number of fused-ring (bicyclic) bond motifs is 1. The lowest BCUT2D eigenvalue weighted by atomic mass is 10.0. The van der Waals surface area contributed by atoms with Gasteiger partial charge in [-0.3, -0.25) is 0 Å². The van der Waals surface area contributed by atoms with Crippen molar-refractivity contribution in [3.8, 4) is 5.75 Å². The van der Waals surface area contributed by atoms with Crippen molar-refractivity contribution in [1.82, 2.24) is 15.3 Å². The van der Waals surface area contributed by atoms with Crippen molar-refractivity contribution in [3.63, 3.8) is 0 Å². The maximum atomic E-state index is 12.3. The molecular weight excluding hydrogens is 382 g/mol. The Labute approximate surface area is 165 Å². The summed E-state index contributed by atoms with van der Waals surface area (Å²) < 4.78 is 10.1. The van der Waals surface area contributed by atoms with E-state index in [4.69, 9.17) is 14.6 Å². The predicted molar refractivity (Wildman–Crippen MR) is 105 cm³/mol. The van der Waals surface area contributed by atoms with Crippen LogP contribution in [-0.2, 0) is 11.2 Å². The Kier molecular flexibility index (Phi) is 5.55. The van der Waals surface area contributed by atoms with Gasteiger partial charge in [-0.1, -0.05) is 0 Å². The number of aromatic nitrogens is 2. The monoisotopic (exact) mass is 403 g/mol. The summed E-state index contributed by atoms with van der Waals surface area (Å²) >= 11 is 1.44. The zero-order valence-corrected chi connectivity index (χ0v) is 16.5. The average Bonchev–Trinajstić information content (AvgIpc) is 3.22. The van der Waals surface area contributed by atoms with Crippen LogP contribution in [0.4, 0.5) is 9.59 Å². The summed E-state index contributed by atoms with van der Waals surface area (Å²) in [7, 11) is 0. The first-order valence-electron chi connectivity index (χ1n) is 8.59. The fraction of sp³-hybridized carbons (Fsp3) is 0.316. The van der Waals surface area contributed by atoms with E-state index in [1.807, 2.05) is 11.6 Å². The van der Waals surface area contributed by atoms with Crippen LogP contribution >= 0.6 is 11.3 Å². The van der Waals surface area contributed by atoms with Crippen LogP contribution in [0.25, 0.3) is 10.9 Å². The van der Waals surface area contributed by atoms with Gasteiger partial charge in [0, 0.05) is 28.9 Å². The lowest BCUT2D eigenvalue weighted by Gasteiger charge is -2.23. The van der Waals surface area contributed by atoms with Crippen molar-refractivity contribution >= 4 is 34.5 Å². The van der Waals surface area contributed by atoms with E-state index in [1.54, 1.807) is 44.5 Å². The molecule has 0 radical (unpaired) electrons. The quantitative estimate of drug-likeness (QED) is 0.427. The number of aromatic amines is 1. The van der Waals surface area contributed by atoms with Crippen molar-refractivity contribution in [2.75, 3.05) is 0 Å². The molecule has 148 valence electrons.